The van der Waals surface area contributed by atoms with Crippen molar-refractivity contribution in [2.24, 2.45) is 0 Å². The summed E-state index contributed by atoms with van der Waals surface area (Å²) in [6.45, 7) is 2.00. The van der Waals surface area contributed by atoms with Crippen molar-refractivity contribution in [1.29, 1.82) is 0 Å². The Bertz CT molecular complexity index is 407. The van der Waals surface area contributed by atoms with Gasteiger partial charge in [0.2, 0.25) is 0 Å². The zero-order valence-electron chi connectivity index (χ0n) is 12.3. The van der Waals surface area contributed by atoms with E-state index in [9.17, 15) is 0 Å². The molecule has 1 saturated carbocycles. The third-order valence-corrected chi connectivity index (χ3v) is 5.78. The van der Waals surface area contributed by atoms with E-state index < -0.39 is 0 Å². The van der Waals surface area contributed by atoms with Crippen molar-refractivity contribution in [3.8, 4) is 0 Å². The number of nitrogens with zero attached hydrogens (tertiary/aromatic N) is 4. The van der Waals surface area contributed by atoms with E-state index >= 15 is 0 Å². The molecule has 1 aliphatic carbocycles. The molecule has 1 unspecified atom stereocenters. The maximum atomic E-state index is 4.63. The summed E-state index contributed by atoms with van der Waals surface area (Å²) in [6.07, 6.45) is 11.1. The number of hydrogen-bond donors (Lipinski definition) is 1. The van der Waals surface area contributed by atoms with Crippen LogP contribution in [-0.4, -0.2) is 44.3 Å². The van der Waals surface area contributed by atoms with Crippen LogP contribution in [0.2, 0.25) is 0 Å². The van der Waals surface area contributed by atoms with Crippen LogP contribution in [0.25, 0.3) is 0 Å². The lowest BCUT2D eigenvalue weighted by Gasteiger charge is -2.25. The van der Waals surface area contributed by atoms with Crippen molar-refractivity contribution in [3.63, 3.8) is 0 Å². The van der Waals surface area contributed by atoms with E-state index in [0.29, 0.717) is 12.0 Å². The molecule has 2 fully saturated rings. The largest absolute Gasteiger partial charge is 0.312 e. The molecule has 1 aromatic rings. The van der Waals surface area contributed by atoms with Crippen LogP contribution in [0.3, 0.4) is 0 Å². The third-order valence-electron chi connectivity index (χ3n) is 4.64. The summed E-state index contributed by atoms with van der Waals surface area (Å²) >= 11 is 2.00. The predicted octanol–water partition coefficient (Wildman–Crippen LogP) is 2.20. The Hall–Kier alpha value is -0.620. The molecule has 1 N–H and O–H groups in total. The first kappa shape index (κ1) is 14.3. The molecule has 20 heavy (non-hydrogen) atoms. The Kier molecular flexibility index (Phi) is 4.94. The lowest BCUT2D eigenvalue weighted by Crippen LogP contribution is -2.37. The van der Waals surface area contributed by atoms with E-state index in [1.54, 1.807) is 4.80 Å². The molecular formula is C14H25N5S. The van der Waals surface area contributed by atoms with Gasteiger partial charge in [-0.25, -0.2) is 0 Å². The second-order valence-corrected chi connectivity index (χ2v) is 7.20. The summed E-state index contributed by atoms with van der Waals surface area (Å²) in [5.74, 6) is 1.51. The first-order valence-electron chi connectivity index (χ1n) is 7.89. The van der Waals surface area contributed by atoms with Crippen molar-refractivity contribution >= 4 is 11.8 Å². The van der Waals surface area contributed by atoms with E-state index in [-0.39, 0.29) is 0 Å². The van der Waals surface area contributed by atoms with Crippen molar-refractivity contribution < 1.29 is 0 Å². The van der Waals surface area contributed by atoms with Crippen LogP contribution in [0.1, 0.15) is 56.7 Å². The quantitative estimate of drug-likeness (QED) is 0.923. The number of piperidine rings is 1. The number of thioether (sulfide) groups is 1. The topological polar surface area (TPSA) is 55.6 Å². The summed E-state index contributed by atoms with van der Waals surface area (Å²) in [7, 11) is 0. The molecule has 0 spiro atoms. The summed E-state index contributed by atoms with van der Waals surface area (Å²) in [4.78, 5) is 1.80. The van der Waals surface area contributed by atoms with Crippen molar-refractivity contribution in [2.75, 3.05) is 12.8 Å². The van der Waals surface area contributed by atoms with Crippen molar-refractivity contribution in [3.05, 3.63) is 5.82 Å². The van der Waals surface area contributed by atoms with Crippen LogP contribution < -0.4 is 5.32 Å². The van der Waals surface area contributed by atoms with Gasteiger partial charge in [-0.3, -0.25) is 0 Å². The van der Waals surface area contributed by atoms with Crippen molar-refractivity contribution in [2.45, 2.75) is 68.7 Å². The molecule has 2 aliphatic rings. The van der Waals surface area contributed by atoms with Gasteiger partial charge in [0, 0.05) is 17.2 Å². The first-order chi connectivity index (χ1) is 9.85. The average Bonchev–Trinajstić information content (AvgIpc) is 2.97. The Labute approximate surface area is 125 Å². The molecule has 6 heteroatoms. The van der Waals surface area contributed by atoms with Gasteiger partial charge in [-0.05, 0) is 56.5 Å². The Morgan fingerprint density at radius 3 is 2.75 bits per heavy atom. The summed E-state index contributed by atoms with van der Waals surface area (Å²) < 4.78 is 0. The first-order valence-corrected chi connectivity index (χ1v) is 9.18. The number of tetrazole rings is 1. The molecule has 1 aliphatic heterocycles. The standard InChI is InChI=1S/C14H25N5S/c1-20-13-7-5-11(6-8-13)14-16-18-19(17-14)10-12-4-2-3-9-15-12/h11-13,15H,2-10H2,1H3. The SMILES string of the molecule is CSC1CCC(c2nnn(CC3CCCCN3)n2)CC1. The number of aromatic nitrogens is 4. The smallest absolute Gasteiger partial charge is 0.177 e. The molecule has 2 heterocycles. The molecule has 5 nitrogen and oxygen atoms in total. The molecule has 1 saturated heterocycles. The lowest BCUT2D eigenvalue weighted by molar-refractivity contribution is 0.331. The van der Waals surface area contributed by atoms with Crippen molar-refractivity contribution in [1.82, 2.24) is 25.5 Å². The van der Waals surface area contributed by atoms with Gasteiger partial charge in [-0.2, -0.15) is 16.6 Å². The second kappa shape index (κ2) is 6.89. The van der Waals surface area contributed by atoms with Gasteiger partial charge in [0.15, 0.2) is 5.82 Å². The van der Waals surface area contributed by atoms with Crippen LogP contribution in [0.5, 0.6) is 0 Å². The van der Waals surface area contributed by atoms with Crippen LogP contribution in [0, 0.1) is 0 Å². The van der Waals surface area contributed by atoms with Gasteiger partial charge >= 0.3 is 0 Å². The van der Waals surface area contributed by atoms with Gasteiger partial charge in [-0.1, -0.05) is 6.42 Å². The van der Waals surface area contributed by atoms with Gasteiger partial charge in [-0.15, -0.1) is 10.2 Å². The van der Waals surface area contributed by atoms with Gasteiger partial charge in [0.1, 0.15) is 0 Å². The van der Waals surface area contributed by atoms with Gasteiger partial charge < -0.3 is 5.32 Å². The molecule has 112 valence electrons. The van der Waals surface area contributed by atoms with Gasteiger partial charge in [0.05, 0.1) is 6.54 Å². The van der Waals surface area contributed by atoms with E-state index in [2.05, 4.69) is 27.0 Å². The van der Waals surface area contributed by atoms with Crippen LogP contribution in [-0.2, 0) is 6.54 Å². The second-order valence-electron chi connectivity index (χ2n) is 6.06. The summed E-state index contributed by atoms with van der Waals surface area (Å²) in [5, 5.41) is 17.6. The minimum atomic E-state index is 0.526. The van der Waals surface area contributed by atoms with E-state index in [0.717, 1.165) is 24.2 Å². The highest BCUT2D eigenvalue weighted by Gasteiger charge is 2.25. The molecule has 0 bridgehead atoms. The Morgan fingerprint density at radius 1 is 1.20 bits per heavy atom. The molecule has 1 aromatic heterocycles. The molecule has 0 radical (unpaired) electrons. The van der Waals surface area contributed by atoms with Gasteiger partial charge in [0.25, 0.3) is 0 Å². The predicted molar refractivity (Wildman–Crippen MR) is 82.0 cm³/mol. The fourth-order valence-corrected chi connectivity index (χ4v) is 4.07. The zero-order chi connectivity index (χ0) is 13.8. The van der Waals surface area contributed by atoms with E-state index in [1.807, 2.05) is 11.8 Å². The number of hydrogen-bond acceptors (Lipinski definition) is 5. The number of nitrogens with one attached hydrogen (secondary N) is 1. The highest BCUT2D eigenvalue weighted by Crippen LogP contribution is 2.35. The molecule has 0 aromatic carbocycles. The fourth-order valence-electron chi connectivity index (χ4n) is 3.33. The molecular weight excluding hydrogens is 270 g/mol. The van der Waals surface area contributed by atoms with Crippen LogP contribution in [0.4, 0.5) is 0 Å². The van der Waals surface area contributed by atoms with E-state index in [4.69, 9.17) is 0 Å². The van der Waals surface area contributed by atoms with E-state index in [1.165, 1.54) is 44.9 Å². The number of rotatable bonds is 4. The summed E-state index contributed by atoms with van der Waals surface area (Å²) in [5.41, 5.74) is 0. The molecule has 1 atom stereocenters. The summed E-state index contributed by atoms with van der Waals surface area (Å²) in [6, 6.07) is 0.526. The molecule has 3 rings (SSSR count). The Morgan fingerprint density at radius 2 is 2.05 bits per heavy atom. The highest BCUT2D eigenvalue weighted by molar-refractivity contribution is 7.99. The zero-order valence-corrected chi connectivity index (χ0v) is 13.1. The normalized spacial score (nSPS) is 31.4. The maximum Gasteiger partial charge on any atom is 0.177 e. The van der Waals surface area contributed by atoms with Crippen LogP contribution in [0.15, 0.2) is 0 Å². The fraction of sp³-hybridized carbons (Fsp3) is 0.929. The molecule has 0 amide bonds. The lowest BCUT2D eigenvalue weighted by atomic mass is 9.88. The maximum absolute atomic E-state index is 4.63. The monoisotopic (exact) mass is 295 g/mol. The minimum absolute atomic E-state index is 0.526. The van der Waals surface area contributed by atoms with Crippen LogP contribution >= 0.6 is 11.8 Å². The third kappa shape index (κ3) is 3.52. The Balaban J connectivity index is 1.54. The minimum Gasteiger partial charge on any atom is -0.312 e. The average molecular weight is 295 g/mol. The highest BCUT2D eigenvalue weighted by atomic mass is 32.2.